The SMILES string of the molecule is O=C(NCc1cc(=O)[nH]c(=O)[nH]1)c1ccccc1C1CCC1. The van der Waals surface area contributed by atoms with Gasteiger partial charge in [-0.05, 0) is 30.4 Å². The van der Waals surface area contributed by atoms with E-state index in [4.69, 9.17) is 0 Å². The van der Waals surface area contributed by atoms with Gasteiger partial charge in [0, 0.05) is 17.3 Å². The number of H-pyrrole nitrogens is 2. The Bertz CT molecular complexity index is 774. The molecule has 0 aliphatic heterocycles. The molecule has 6 nitrogen and oxygen atoms in total. The summed E-state index contributed by atoms with van der Waals surface area (Å²) in [7, 11) is 0. The standard InChI is InChI=1S/C16H17N3O3/c20-14-8-11(18-16(22)19-14)9-17-15(21)13-7-2-1-6-12(13)10-4-3-5-10/h1-2,6-8,10H,3-5,9H2,(H,17,21)(H2,18,19,20,22). The summed E-state index contributed by atoms with van der Waals surface area (Å²) in [5, 5.41) is 2.75. The van der Waals surface area contributed by atoms with Crippen LogP contribution in [0.5, 0.6) is 0 Å². The van der Waals surface area contributed by atoms with Crippen LogP contribution in [0, 0.1) is 0 Å². The maximum atomic E-state index is 12.4. The minimum absolute atomic E-state index is 0.108. The van der Waals surface area contributed by atoms with Crippen molar-refractivity contribution in [1.29, 1.82) is 0 Å². The Kier molecular flexibility index (Phi) is 3.91. The molecule has 1 aliphatic rings. The van der Waals surface area contributed by atoms with Crippen LogP contribution in [0.4, 0.5) is 0 Å². The number of hydrogen-bond acceptors (Lipinski definition) is 3. The second-order valence-electron chi connectivity index (χ2n) is 5.51. The van der Waals surface area contributed by atoms with Gasteiger partial charge < -0.3 is 10.3 Å². The van der Waals surface area contributed by atoms with Crippen LogP contribution in [0.1, 0.15) is 46.8 Å². The number of rotatable bonds is 4. The molecule has 22 heavy (non-hydrogen) atoms. The third-order valence-corrected chi connectivity index (χ3v) is 4.01. The highest BCUT2D eigenvalue weighted by Crippen LogP contribution is 2.37. The fourth-order valence-electron chi connectivity index (χ4n) is 2.66. The van der Waals surface area contributed by atoms with Crippen LogP contribution >= 0.6 is 0 Å². The fraction of sp³-hybridized carbons (Fsp3) is 0.312. The number of amides is 1. The minimum Gasteiger partial charge on any atom is -0.346 e. The number of aromatic amines is 2. The lowest BCUT2D eigenvalue weighted by Gasteiger charge is -2.27. The van der Waals surface area contributed by atoms with Gasteiger partial charge in [-0.3, -0.25) is 14.6 Å². The zero-order valence-corrected chi connectivity index (χ0v) is 12.0. The molecule has 0 unspecified atom stereocenters. The number of nitrogens with one attached hydrogen (secondary N) is 3. The monoisotopic (exact) mass is 299 g/mol. The van der Waals surface area contributed by atoms with Crippen LogP contribution in [0.3, 0.4) is 0 Å². The van der Waals surface area contributed by atoms with Crippen LogP contribution in [-0.2, 0) is 6.54 Å². The average molecular weight is 299 g/mol. The average Bonchev–Trinajstić information content (AvgIpc) is 2.42. The van der Waals surface area contributed by atoms with E-state index in [0.29, 0.717) is 17.2 Å². The first-order valence-electron chi connectivity index (χ1n) is 7.33. The van der Waals surface area contributed by atoms with Gasteiger partial charge in [0.1, 0.15) is 0 Å². The van der Waals surface area contributed by atoms with Crippen molar-refractivity contribution in [1.82, 2.24) is 15.3 Å². The summed E-state index contributed by atoms with van der Waals surface area (Å²) < 4.78 is 0. The smallest absolute Gasteiger partial charge is 0.325 e. The highest BCUT2D eigenvalue weighted by atomic mass is 16.2. The molecule has 1 aromatic heterocycles. The van der Waals surface area contributed by atoms with E-state index in [1.165, 1.54) is 12.5 Å². The Hall–Kier alpha value is -2.63. The van der Waals surface area contributed by atoms with Gasteiger partial charge in [-0.15, -0.1) is 0 Å². The minimum atomic E-state index is -0.577. The molecule has 6 heteroatoms. The molecule has 0 atom stereocenters. The predicted molar refractivity (Wildman–Crippen MR) is 81.9 cm³/mol. The van der Waals surface area contributed by atoms with Crippen LogP contribution in [0.15, 0.2) is 39.9 Å². The molecule has 1 aliphatic carbocycles. The fourth-order valence-corrected chi connectivity index (χ4v) is 2.66. The van der Waals surface area contributed by atoms with Gasteiger partial charge in [0.05, 0.1) is 6.54 Å². The van der Waals surface area contributed by atoms with Gasteiger partial charge in [-0.2, -0.15) is 0 Å². The van der Waals surface area contributed by atoms with Crippen molar-refractivity contribution < 1.29 is 4.79 Å². The third kappa shape index (κ3) is 3.00. The van der Waals surface area contributed by atoms with Crippen LogP contribution in [0.25, 0.3) is 0 Å². The molecule has 1 saturated carbocycles. The predicted octanol–water partition coefficient (Wildman–Crippen LogP) is 1.26. The summed E-state index contributed by atoms with van der Waals surface area (Å²) in [4.78, 5) is 39.4. The molecule has 0 saturated heterocycles. The largest absolute Gasteiger partial charge is 0.346 e. The first-order chi connectivity index (χ1) is 10.6. The second-order valence-corrected chi connectivity index (χ2v) is 5.51. The molecule has 2 aromatic rings. The Morgan fingerprint density at radius 2 is 1.95 bits per heavy atom. The second kappa shape index (κ2) is 6.01. The summed E-state index contributed by atoms with van der Waals surface area (Å²) >= 11 is 0. The first kappa shape index (κ1) is 14.3. The van der Waals surface area contributed by atoms with Crippen molar-refractivity contribution >= 4 is 5.91 Å². The van der Waals surface area contributed by atoms with Crippen molar-refractivity contribution in [3.05, 3.63) is 68.0 Å². The maximum Gasteiger partial charge on any atom is 0.325 e. The van der Waals surface area contributed by atoms with E-state index in [0.717, 1.165) is 18.4 Å². The van der Waals surface area contributed by atoms with Crippen LogP contribution in [-0.4, -0.2) is 15.9 Å². The molecular formula is C16H17N3O3. The zero-order valence-electron chi connectivity index (χ0n) is 12.0. The number of hydrogen-bond donors (Lipinski definition) is 3. The number of carbonyl (C=O) groups excluding carboxylic acids is 1. The number of carbonyl (C=O) groups is 1. The van der Waals surface area contributed by atoms with E-state index in [1.807, 2.05) is 24.3 Å². The Morgan fingerprint density at radius 3 is 2.64 bits per heavy atom. The summed E-state index contributed by atoms with van der Waals surface area (Å²) in [6, 6.07) is 8.85. The van der Waals surface area contributed by atoms with Crippen molar-refractivity contribution in [3.8, 4) is 0 Å². The molecule has 3 N–H and O–H groups in total. The van der Waals surface area contributed by atoms with Gasteiger partial charge in [0.25, 0.3) is 11.5 Å². The molecule has 0 radical (unpaired) electrons. The topological polar surface area (TPSA) is 94.8 Å². The number of benzene rings is 1. The summed E-state index contributed by atoms with van der Waals surface area (Å²) in [5.41, 5.74) is 1.06. The normalized spacial score (nSPS) is 14.4. The molecule has 3 rings (SSSR count). The lowest BCUT2D eigenvalue weighted by molar-refractivity contribution is 0.0948. The van der Waals surface area contributed by atoms with Crippen molar-refractivity contribution in [2.45, 2.75) is 31.7 Å². The van der Waals surface area contributed by atoms with Gasteiger partial charge in [-0.1, -0.05) is 24.6 Å². The maximum absolute atomic E-state index is 12.4. The van der Waals surface area contributed by atoms with Gasteiger partial charge in [0.15, 0.2) is 0 Å². The van der Waals surface area contributed by atoms with E-state index < -0.39 is 11.2 Å². The Morgan fingerprint density at radius 1 is 1.18 bits per heavy atom. The van der Waals surface area contributed by atoms with E-state index in [-0.39, 0.29) is 12.5 Å². The van der Waals surface area contributed by atoms with Crippen LogP contribution in [0.2, 0.25) is 0 Å². The van der Waals surface area contributed by atoms with E-state index >= 15 is 0 Å². The number of aromatic nitrogens is 2. The van der Waals surface area contributed by atoms with Gasteiger partial charge >= 0.3 is 5.69 Å². The van der Waals surface area contributed by atoms with Gasteiger partial charge in [0.2, 0.25) is 0 Å². The Labute approximate surface area is 126 Å². The third-order valence-electron chi connectivity index (χ3n) is 4.01. The highest BCUT2D eigenvalue weighted by molar-refractivity contribution is 5.95. The molecule has 0 spiro atoms. The highest BCUT2D eigenvalue weighted by Gasteiger charge is 2.23. The van der Waals surface area contributed by atoms with Crippen molar-refractivity contribution in [2.24, 2.45) is 0 Å². The van der Waals surface area contributed by atoms with E-state index in [1.54, 1.807) is 0 Å². The molecule has 1 fully saturated rings. The quantitative estimate of drug-likeness (QED) is 0.793. The molecule has 1 aromatic carbocycles. The zero-order chi connectivity index (χ0) is 15.5. The lowest BCUT2D eigenvalue weighted by atomic mass is 9.78. The molecule has 114 valence electrons. The van der Waals surface area contributed by atoms with Crippen LogP contribution < -0.4 is 16.6 Å². The van der Waals surface area contributed by atoms with Crippen molar-refractivity contribution in [2.75, 3.05) is 0 Å². The van der Waals surface area contributed by atoms with Crippen molar-refractivity contribution in [3.63, 3.8) is 0 Å². The molecule has 1 amide bonds. The summed E-state index contributed by atoms with van der Waals surface area (Å²) in [5.74, 6) is 0.268. The summed E-state index contributed by atoms with van der Waals surface area (Å²) in [6.07, 6.45) is 3.44. The summed E-state index contributed by atoms with van der Waals surface area (Å²) in [6.45, 7) is 0.108. The lowest BCUT2D eigenvalue weighted by Crippen LogP contribution is -2.29. The van der Waals surface area contributed by atoms with E-state index in [2.05, 4.69) is 15.3 Å². The van der Waals surface area contributed by atoms with E-state index in [9.17, 15) is 14.4 Å². The molecular weight excluding hydrogens is 282 g/mol. The Balaban J connectivity index is 1.75. The van der Waals surface area contributed by atoms with Gasteiger partial charge in [-0.25, -0.2) is 4.79 Å². The first-order valence-corrected chi connectivity index (χ1v) is 7.33. The molecule has 0 bridgehead atoms. The molecule has 1 heterocycles.